The van der Waals surface area contributed by atoms with Gasteiger partial charge in [-0.05, 0) is 64.6 Å². The number of carbonyl (C=O) groups excluding carboxylic acids is 2. The van der Waals surface area contributed by atoms with Gasteiger partial charge < -0.3 is 15.1 Å². The summed E-state index contributed by atoms with van der Waals surface area (Å²) in [5, 5.41) is 3.04. The van der Waals surface area contributed by atoms with E-state index >= 15 is 0 Å². The third kappa shape index (κ3) is 4.95. The molecule has 0 aromatic rings. The molecule has 138 valence electrons. The molecule has 0 bridgehead atoms. The molecule has 24 heavy (non-hydrogen) atoms. The number of rotatable bonds is 8. The van der Waals surface area contributed by atoms with Crippen LogP contribution in [-0.2, 0) is 9.59 Å². The number of piperidine rings is 1. The van der Waals surface area contributed by atoms with Crippen LogP contribution in [0.25, 0.3) is 0 Å². The van der Waals surface area contributed by atoms with Gasteiger partial charge in [0.15, 0.2) is 0 Å². The molecule has 2 amide bonds. The van der Waals surface area contributed by atoms with Gasteiger partial charge in [0.25, 0.3) is 0 Å². The highest BCUT2D eigenvalue weighted by Gasteiger charge is 2.46. The van der Waals surface area contributed by atoms with Crippen molar-refractivity contribution in [3.8, 4) is 0 Å². The van der Waals surface area contributed by atoms with Crippen molar-refractivity contribution in [2.24, 2.45) is 5.92 Å². The number of amides is 2. The smallest absolute Gasteiger partial charge is 0.245 e. The van der Waals surface area contributed by atoms with Gasteiger partial charge >= 0.3 is 0 Å². The molecular weight excluding hydrogens is 302 g/mol. The first-order chi connectivity index (χ1) is 11.4. The van der Waals surface area contributed by atoms with Gasteiger partial charge in [0, 0.05) is 19.5 Å². The Balaban J connectivity index is 1.83. The predicted molar refractivity (Wildman–Crippen MR) is 96.7 cm³/mol. The Morgan fingerprint density at radius 2 is 1.92 bits per heavy atom. The van der Waals surface area contributed by atoms with Crippen molar-refractivity contribution in [2.45, 2.75) is 71.3 Å². The van der Waals surface area contributed by atoms with E-state index < -0.39 is 5.54 Å². The zero-order valence-corrected chi connectivity index (χ0v) is 15.8. The van der Waals surface area contributed by atoms with Crippen LogP contribution in [0.2, 0.25) is 0 Å². The van der Waals surface area contributed by atoms with Gasteiger partial charge in [-0.25, -0.2) is 0 Å². The van der Waals surface area contributed by atoms with Gasteiger partial charge in [-0.15, -0.1) is 0 Å². The lowest BCUT2D eigenvalue weighted by molar-refractivity contribution is -0.140. The normalized spacial score (nSPS) is 25.5. The summed E-state index contributed by atoms with van der Waals surface area (Å²) in [5.41, 5.74) is -0.657. The number of carbonyl (C=O) groups is 2. The van der Waals surface area contributed by atoms with Crippen LogP contribution >= 0.6 is 0 Å². The molecule has 0 aliphatic carbocycles. The Labute approximate surface area is 147 Å². The van der Waals surface area contributed by atoms with Crippen LogP contribution in [0.4, 0.5) is 0 Å². The Kier molecular flexibility index (Phi) is 7.08. The molecule has 2 aliphatic heterocycles. The largest absolute Gasteiger partial charge is 0.354 e. The zero-order valence-electron chi connectivity index (χ0n) is 15.8. The van der Waals surface area contributed by atoms with Gasteiger partial charge in [-0.3, -0.25) is 9.59 Å². The zero-order chi connectivity index (χ0) is 17.6. The summed E-state index contributed by atoms with van der Waals surface area (Å²) < 4.78 is 0. The fraction of sp³-hybridized carbons (Fsp3) is 0.895. The maximum Gasteiger partial charge on any atom is 0.245 e. The SMILES string of the molecule is CC(C)CCNC(=O)[C@@]1(C)CCC(=O)N1CCCN1CCCCC1. The van der Waals surface area contributed by atoms with Gasteiger partial charge in [-0.1, -0.05) is 20.3 Å². The average Bonchev–Trinajstić information content (AvgIpc) is 2.85. The topological polar surface area (TPSA) is 52.7 Å². The molecule has 2 heterocycles. The molecule has 1 atom stereocenters. The number of nitrogens with zero attached hydrogens (tertiary/aromatic N) is 2. The summed E-state index contributed by atoms with van der Waals surface area (Å²) in [6, 6.07) is 0. The van der Waals surface area contributed by atoms with Gasteiger partial charge in [0.1, 0.15) is 5.54 Å². The van der Waals surface area contributed by atoms with Gasteiger partial charge in [0.05, 0.1) is 0 Å². The highest BCUT2D eigenvalue weighted by molar-refractivity contribution is 5.94. The Morgan fingerprint density at radius 1 is 1.21 bits per heavy atom. The van der Waals surface area contributed by atoms with Gasteiger partial charge in [0.2, 0.25) is 11.8 Å². The Bertz CT molecular complexity index is 432. The quantitative estimate of drug-likeness (QED) is 0.740. The molecule has 0 aromatic carbocycles. The summed E-state index contributed by atoms with van der Waals surface area (Å²) in [7, 11) is 0. The van der Waals surface area contributed by atoms with E-state index in [0.717, 1.165) is 19.4 Å². The standard InChI is InChI=1S/C19H35N3O2/c1-16(2)9-11-20-18(24)19(3)10-8-17(23)22(19)15-7-14-21-12-5-4-6-13-21/h16H,4-15H2,1-3H3,(H,20,24)/t19-/m1/s1. The van der Waals surface area contributed by atoms with Crippen molar-refractivity contribution in [2.75, 3.05) is 32.7 Å². The third-order valence-corrected chi connectivity index (χ3v) is 5.52. The van der Waals surface area contributed by atoms with E-state index in [0.29, 0.717) is 31.8 Å². The summed E-state index contributed by atoms with van der Waals surface area (Å²) in [6.07, 6.45) is 7.00. The number of hydrogen-bond acceptors (Lipinski definition) is 3. The molecule has 2 aliphatic rings. The maximum absolute atomic E-state index is 12.7. The van der Waals surface area contributed by atoms with Gasteiger partial charge in [-0.2, -0.15) is 0 Å². The summed E-state index contributed by atoms with van der Waals surface area (Å²) >= 11 is 0. The maximum atomic E-state index is 12.7. The average molecular weight is 338 g/mol. The molecule has 5 heteroatoms. The number of likely N-dealkylation sites (tertiary alicyclic amines) is 2. The first kappa shape index (κ1) is 19.2. The van der Waals surface area contributed by atoms with Crippen molar-refractivity contribution in [3.05, 3.63) is 0 Å². The van der Waals surface area contributed by atoms with E-state index in [1.165, 1.54) is 32.4 Å². The van der Waals surface area contributed by atoms with Crippen molar-refractivity contribution < 1.29 is 9.59 Å². The summed E-state index contributed by atoms with van der Waals surface area (Å²) in [4.78, 5) is 29.3. The highest BCUT2D eigenvalue weighted by Crippen LogP contribution is 2.30. The molecule has 5 nitrogen and oxygen atoms in total. The molecule has 0 saturated carbocycles. The van der Waals surface area contributed by atoms with E-state index in [2.05, 4.69) is 24.1 Å². The van der Waals surface area contributed by atoms with Crippen LogP contribution in [0, 0.1) is 5.92 Å². The van der Waals surface area contributed by atoms with E-state index in [9.17, 15) is 9.59 Å². The molecule has 0 spiro atoms. The van der Waals surface area contributed by atoms with Crippen LogP contribution in [0.1, 0.15) is 65.7 Å². The Hall–Kier alpha value is -1.10. The fourth-order valence-corrected chi connectivity index (χ4v) is 3.80. The first-order valence-electron chi connectivity index (χ1n) is 9.74. The number of hydrogen-bond donors (Lipinski definition) is 1. The lowest BCUT2D eigenvalue weighted by atomic mass is 9.97. The van der Waals surface area contributed by atoms with Crippen molar-refractivity contribution in [1.82, 2.24) is 15.1 Å². The van der Waals surface area contributed by atoms with Crippen molar-refractivity contribution in [1.29, 1.82) is 0 Å². The van der Waals surface area contributed by atoms with Crippen LogP contribution in [0.5, 0.6) is 0 Å². The molecule has 2 rings (SSSR count). The monoisotopic (exact) mass is 337 g/mol. The summed E-state index contributed by atoms with van der Waals surface area (Å²) in [6.45, 7) is 11.0. The van der Waals surface area contributed by atoms with E-state index in [4.69, 9.17) is 0 Å². The van der Waals surface area contributed by atoms with Crippen LogP contribution in [0.15, 0.2) is 0 Å². The lowest BCUT2D eigenvalue weighted by Crippen LogP contribution is -2.55. The molecule has 1 N–H and O–H groups in total. The minimum Gasteiger partial charge on any atom is -0.354 e. The van der Waals surface area contributed by atoms with Crippen LogP contribution in [0.3, 0.4) is 0 Å². The second-order valence-electron chi connectivity index (χ2n) is 8.01. The molecule has 2 saturated heterocycles. The van der Waals surface area contributed by atoms with Crippen molar-refractivity contribution >= 4 is 11.8 Å². The number of nitrogens with one attached hydrogen (secondary N) is 1. The predicted octanol–water partition coefficient (Wildman–Crippen LogP) is 2.41. The van der Waals surface area contributed by atoms with Crippen LogP contribution < -0.4 is 5.32 Å². The van der Waals surface area contributed by atoms with Crippen molar-refractivity contribution in [3.63, 3.8) is 0 Å². The first-order valence-corrected chi connectivity index (χ1v) is 9.74. The second kappa shape index (κ2) is 8.84. The molecule has 0 radical (unpaired) electrons. The van der Waals surface area contributed by atoms with E-state index in [1.54, 1.807) is 0 Å². The molecule has 0 aromatic heterocycles. The fourth-order valence-electron chi connectivity index (χ4n) is 3.80. The molecule has 0 unspecified atom stereocenters. The van der Waals surface area contributed by atoms with E-state index in [-0.39, 0.29) is 11.8 Å². The Morgan fingerprint density at radius 3 is 2.58 bits per heavy atom. The highest BCUT2D eigenvalue weighted by atomic mass is 16.2. The van der Waals surface area contributed by atoms with E-state index in [1.807, 2.05) is 11.8 Å². The molecular formula is C19H35N3O2. The molecule has 2 fully saturated rings. The second-order valence-corrected chi connectivity index (χ2v) is 8.01. The third-order valence-electron chi connectivity index (χ3n) is 5.52. The van der Waals surface area contributed by atoms with Crippen LogP contribution in [-0.4, -0.2) is 59.9 Å². The lowest BCUT2D eigenvalue weighted by Gasteiger charge is -2.35. The minimum absolute atomic E-state index is 0.0203. The summed E-state index contributed by atoms with van der Waals surface area (Å²) in [5.74, 6) is 0.728. The minimum atomic E-state index is -0.657.